The highest BCUT2D eigenvalue weighted by Gasteiger charge is 2.52. The molecule has 1 aliphatic heterocycles. The van der Waals surface area contributed by atoms with E-state index in [9.17, 15) is 19.2 Å². The summed E-state index contributed by atoms with van der Waals surface area (Å²) in [6.07, 6.45) is 4.64. The maximum atomic E-state index is 12.7. The average Bonchev–Trinajstić information content (AvgIpc) is 3.16. The molecule has 1 aromatic rings. The van der Waals surface area contributed by atoms with Gasteiger partial charge in [0.1, 0.15) is 10.4 Å². The Kier molecular flexibility index (Phi) is 6.26. The number of rotatable bonds is 6. The van der Waals surface area contributed by atoms with Gasteiger partial charge < -0.3 is 10.1 Å². The van der Waals surface area contributed by atoms with Crippen LogP contribution in [0, 0.1) is 12.8 Å². The van der Waals surface area contributed by atoms with Gasteiger partial charge in [-0.2, -0.15) is 5.01 Å². The molecule has 0 bridgehead atoms. The van der Waals surface area contributed by atoms with Crippen molar-refractivity contribution in [3.63, 3.8) is 0 Å². The monoisotopic (exact) mass is 421 g/mol. The Labute approximate surface area is 173 Å². The van der Waals surface area contributed by atoms with E-state index in [1.807, 2.05) is 6.92 Å². The molecule has 8 nitrogen and oxygen atoms in total. The number of amides is 4. The number of ether oxygens (including phenoxy) is 1. The molecule has 1 saturated heterocycles. The van der Waals surface area contributed by atoms with E-state index < -0.39 is 36.0 Å². The van der Waals surface area contributed by atoms with E-state index in [1.165, 1.54) is 11.3 Å². The molecular weight excluding hydrogens is 394 g/mol. The summed E-state index contributed by atoms with van der Waals surface area (Å²) in [5.74, 6) is -1.27. The minimum atomic E-state index is -0.933. The molecule has 0 unspecified atom stereocenters. The highest BCUT2D eigenvalue weighted by molar-refractivity contribution is 7.14. The normalized spacial score (nSPS) is 24.0. The Hall–Kier alpha value is -2.42. The average molecular weight is 422 g/mol. The summed E-state index contributed by atoms with van der Waals surface area (Å²) in [6, 6.07) is 1.14. The number of hydrogen-bond acceptors (Lipinski definition) is 6. The van der Waals surface area contributed by atoms with Crippen LogP contribution in [0.2, 0.25) is 0 Å². The van der Waals surface area contributed by atoms with Crippen LogP contribution in [0.1, 0.15) is 66.1 Å². The maximum Gasteiger partial charge on any atom is 0.348 e. The third kappa shape index (κ3) is 4.44. The van der Waals surface area contributed by atoms with E-state index in [-0.39, 0.29) is 0 Å². The molecule has 3 rings (SSSR count). The predicted molar refractivity (Wildman–Crippen MR) is 107 cm³/mol. The predicted octanol–water partition coefficient (Wildman–Crippen LogP) is 2.70. The fraction of sp³-hybridized carbons (Fsp3) is 0.600. The number of carbonyl (C=O) groups excluding carboxylic acids is 4. The van der Waals surface area contributed by atoms with Crippen LogP contribution < -0.4 is 10.7 Å². The van der Waals surface area contributed by atoms with Gasteiger partial charge in [0.25, 0.3) is 11.8 Å². The standard InChI is InChI=1S/C20H27N3O5S/c1-4-5-14-10-15(29-13(14)3)17(25)28-11-16(24)22-23-18(26)20(21-19(23)27)8-6-12(2)7-9-20/h10,12H,4-9,11H2,1-3H3,(H,21,27)(H,22,24). The van der Waals surface area contributed by atoms with E-state index >= 15 is 0 Å². The Balaban J connectivity index is 1.54. The molecule has 2 fully saturated rings. The first kappa shape index (κ1) is 21.3. The zero-order valence-corrected chi connectivity index (χ0v) is 17.8. The minimum absolute atomic E-state index is 0.434. The molecule has 1 spiro atoms. The second-order valence-corrected chi connectivity index (χ2v) is 9.14. The number of hydrazine groups is 1. The molecule has 1 saturated carbocycles. The molecular formula is C20H27N3O5S. The largest absolute Gasteiger partial charge is 0.451 e. The molecule has 29 heavy (non-hydrogen) atoms. The molecule has 2 N–H and O–H groups in total. The first-order valence-electron chi connectivity index (χ1n) is 9.98. The molecule has 1 aliphatic carbocycles. The van der Waals surface area contributed by atoms with Crippen LogP contribution in [-0.2, 0) is 20.7 Å². The summed E-state index contributed by atoms with van der Waals surface area (Å²) in [5.41, 5.74) is 2.43. The summed E-state index contributed by atoms with van der Waals surface area (Å²) >= 11 is 1.33. The first-order valence-corrected chi connectivity index (χ1v) is 10.8. The van der Waals surface area contributed by atoms with E-state index in [1.54, 1.807) is 6.07 Å². The van der Waals surface area contributed by atoms with Gasteiger partial charge in [-0.05, 0) is 56.6 Å². The summed E-state index contributed by atoms with van der Waals surface area (Å²) < 4.78 is 5.06. The molecule has 1 aromatic heterocycles. The second kappa shape index (κ2) is 8.52. The van der Waals surface area contributed by atoms with Crippen LogP contribution in [0.3, 0.4) is 0 Å². The van der Waals surface area contributed by atoms with Gasteiger partial charge in [-0.3, -0.25) is 15.0 Å². The maximum absolute atomic E-state index is 12.7. The van der Waals surface area contributed by atoms with Crippen molar-refractivity contribution in [1.29, 1.82) is 0 Å². The summed E-state index contributed by atoms with van der Waals surface area (Å²) in [4.78, 5) is 50.8. The lowest BCUT2D eigenvalue weighted by molar-refractivity contribution is -0.141. The highest BCUT2D eigenvalue weighted by atomic mass is 32.1. The summed E-state index contributed by atoms with van der Waals surface area (Å²) in [7, 11) is 0. The minimum Gasteiger partial charge on any atom is -0.451 e. The number of nitrogens with one attached hydrogen (secondary N) is 2. The van der Waals surface area contributed by atoms with Gasteiger partial charge in [-0.15, -0.1) is 11.3 Å². The third-order valence-electron chi connectivity index (χ3n) is 5.60. The Morgan fingerprint density at radius 1 is 1.34 bits per heavy atom. The third-order valence-corrected chi connectivity index (χ3v) is 6.67. The van der Waals surface area contributed by atoms with Crippen LogP contribution in [-0.4, -0.2) is 41.0 Å². The number of aryl methyl sites for hydroxylation is 2. The van der Waals surface area contributed by atoms with Gasteiger partial charge in [-0.25, -0.2) is 9.59 Å². The van der Waals surface area contributed by atoms with E-state index in [2.05, 4.69) is 24.6 Å². The number of hydrogen-bond donors (Lipinski definition) is 2. The number of esters is 1. The van der Waals surface area contributed by atoms with Crippen LogP contribution in [0.5, 0.6) is 0 Å². The molecule has 0 atom stereocenters. The lowest BCUT2D eigenvalue weighted by atomic mass is 9.77. The van der Waals surface area contributed by atoms with Gasteiger partial charge >= 0.3 is 12.0 Å². The fourth-order valence-electron chi connectivity index (χ4n) is 3.81. The van der Waals surface area contributed by atoms with Crippen molar-refractivity contribution in [2.75, 3.05) is 6.61 Å². The van der Waals surface area contributed by atoms with Crippen molar-refractivity contribution < 1.29 is 23.9 Å². The second-order valence-electron chi connectivity index (χ2n) is 7.89. The van der Waals surface area contributed by atoms with Crippen LogP contribution in [0.25, 0.3) is 0 Å². The lowest BCUT2D eigenvalue weighted by Crippen LogP contribution is -2.52. The molecule has 4 amide bonds. The number of thiophene rings is 1. The van der Waals surface area contributed by atoms with Crippen molar-refractivity contribution in [2.45, 2.75) is 64.8 Å². The smallest absolute Gasteiger partial charge is 0.348 e. The topological polar surface area (TPSA) is 105 Å². The number of carbonyl (C=O) groups is 4. The number of imide groups is 1. The Bertz CT molecular complexity index is 826. The van der Waals surface area contributed by atoms with Gasteiger partial charge in [0.15, 0.2) is 6.61 Å². The molecule has 2 heterocycles. The fourth-order valence-corrected chi connectivity index (χ4v) is 4.78. The van der Waals surface area contributed by atoms with Gasteiger partial charge in [-0.1, -0.05) is 20.3 Å². The Morgan fingerprint density at radius 2 is 2.03 bits per heavy atom. The number of nitrogens with zero attached hydrogens (tertiary/aromatic N) is 1. The van der Waals surface area contributed by atoms with E-state index in [4.69, 9.17) is 4.74 Å². The zero-order chi connectivity index (χ0) is 21.2. The molecule has 0 radical (unpaired) electrons. The molecule has 9 heteroatoms. The first-order chi connectivity index (χ1) is 13.8. The lowest BCUT2D eigenvalue weighted by Gasteiger charge is -2.33. The van der Waals surface area contributed by atoms with Gasteiger partial charge in [0.2, 0.25) is 0 Å². The Morgan fingerprint density at radius 3 is 2.69 bits per heavy atom. The molecule has 2 aliphatic rings. The van der Waals surface area contributed by atoms with E-state index in [0.717, 1.165) is 36.1 Å². The highest BCUT2D eigenvalue weighted by Crippen LogP contribution is 2.35. The quantitative estimate of drug-likeness (QED) is 0.543. The zero-order valence-electron chi connectivity index (χ0n) is 17.0. The van der Waals surface area contributed by atoms with Gasteiger partial charge in [0.05, 0.1) is 0 Å². The van der Waals surface area contributed by atoms with Crippen LogP contribution in [0.4, 0.5) is 4.79 Å². The number of urea groups is 1. The molecule has 0 aromatic carbocycles. The summed E-state index contributed by atoms with van der Waals surface area (Å²) in [6.45, 7) is 5.55. The SMILES string of the molecule is CCCc1cc(C(=O)OCC(=O)NN2C(=O)NC3(CCC(C)CC3)C2=O)sc1C. The van der Waals surface area contributed by atoms with Gasteiger partial charge in [0, 0.05) is 4.88 Å². The van der Waals surface area contributed by atoms with Crippen molar-refractivity contribution in [3.05, 3.63) is 21.4 Å². The van der Waals surface area contributed by atoms with Crippen LogP contribution in [0.15, 0.2) is 6.07 Å². The van der Waals surface area contributed by atoms with Crippen molar-refractivity contribution in [2.24, 2.45) is 5.92 Å². The van der Waals surface area contributed by atoms with Crippen molar-refractivity contribution in [3.8, 4) is 0 Å². The van der Waals surface area contributed by atoms with E-state index in [0.29, 0.717) is 28.6 Å². The van der Waals surface area contributed by atoms with Crippen molar-refractivity contribution in [1.82, 2.24) is 15.8 Å². The summed E-state index contributed by atoms with van der Waals surface area (Å²) in [5, 5.41) is 3.43. The van der Waals surface area contributed by atoms with Crippen molar-refractivity contribution >= 4 is 35.2 Å². The van der Waals surface area contributed by atoms with Crippen LogP contribution >= 0.6 is 11.3 Å². The molecule has 158 valence electrons.